The van der Waals surface area contributed by atoms with Crippen molar-refractivity contribution in [3.05, 3.63) is 34.8 Å². The first-order valence-electron chi connectivity index (χ1n) is 8.05. The number of fused-ring (bicyclic) bond motifs is 1. The first-order chi connectivity index (χ1) is 11.1. The molecule has 23 heavy (non-hydrogen) atoms. The molecule has 2 heterocycles. The summed E-state index contributed by atoms with van der Waals surface area (Å²) in [5, 5.41) is 0. The minimum absolute atomic E-state index is 0.0792. The molecule has 0 bridgehead atoms. The van der Waals surface area contributed by atoms with Gasteiger partial charge in [0.15, 0.2) is 5.58 Å². The maximum absolute atomic E-state index is 12.4. The van der Waals surface area contributed by atoms with E-state index in [9.17, 15) is 9.59 Å². The zero-order chi connectivity index (χ0) is 16.4. The second-order valence-corrected chi connectivity index (χ2v) is 6.13. The lowest BCUT2D eigenvalue weighted by molar-refractivity contribution is -0.143. The monoisotopic (exact) mass is 318 g/mol. The van der Waals surface area contributed by atoms with Crippen molar-refractivity contribution in [2.24, 2.45) is 0 Å². The number of nitrogens with zero attached hydrogens (tertiary/aromatic N) is 2. The van der Waals surface area contributed by atoms with Crippen LogP contribution in [0.4, 0.5) is 0 Å². The Morgan fingerprint density at radius 1 is 1.30 bits per heavy atom. The van der Waals surface area contributed by atoms with Crippen LogP contribution in [-0.2, 0) is 16.1 Å². The largest absolute Gasteiger partial charge is 0.419 e. The maximum atomic E-state index is 12.4. The number of para-hydroxylation sites is 2. The van der Waals surface area contributed by atoms with Crippen molar-refractivity contribution in [3.8, 4) is 0 Å². The highest BCUT2D eigenvalue weighted by Gasteiger charge is 2.27. The fourth-order valence-electron chi connectivity index (χ4n) is 3.01. The van der Waals surface area contributed by atoms with Gasteiger partial charge in [-0.2, -0.15) is 0 Å². The third-order valence-electron chi connectivity index (χ3n) is 4.27. The Hall–Kier alpha value is -2.08. The van der Waals surface area contributed by atoms with Gasteiger partial charge in [0, 0.05) is 19.5 Å². The second-order valence-electron chi connectivity index (χ2n) is 6.13. The Bertz CT molecular complexity index is 748. The molecule has 6 nitrogen and oxygen atoms in total. The summed E-state index contributed by atoms with van der Waals surface area (Å²) in [5.41, 5.74) is 1.36. The van der Waals surface area contributed by atoms with Crippen LogP contribution in [0, 0.1) is 0 Å². The number of amides is 1. The minimum Gasteiger partial charge on any atom is -0.408 e. The molecule has 2 aromatic rings. The molecule has 1 fully saturated rings. The zero-order valence-electron chi connectivity index (χ0n) is 13.5. The van der Waals surface area contributed by atoms with Crippen molar-refractivity contribution >= 4 is 17.0 Å². The van der Waals surface area contributed by atoms with Crippen LogP contribution in [0.25, 0.3) is 11.1 Å². The van der Waals surface area contributed by atoms with Crippen LogP contribution in [0.15, 0.2) is 33.5 Å². The van der Waals surface area contributed by atoms with E-state index in [1.165, 1.54) is 0 Å². The van der Waals surface area contributed by atoms with Crippen LogP contribution >= 0.6 is 0 Å². The van der Waals surface area contributed by atoms with Gasteiger partial charge in [-0.3, -0.25) is 9.36 Å². The zero-order valence-corrected chi connectivity index (χ0v) is 13.5. The van der Waals surface area contributed by atoms with Crippen LogP contribution < -0.4 is 5.76 Å². The molecule has 1 amide bonds. The molecule has 2 atom stereocenters. The highest BCUT2D eigenvalue weighted by atomic mass is 16.5. The van der Waals surface area contributed by atoms with E-state index in [2.05, 4.69) is 0 Å². The van der Waals surface area contributed by atoms with Gasteiger partial charge in [-0.05, 0) is 32.4 Å². The van der Waals surface area contributed by atoms with Gasteiger partial charge in [-0.15, -0.1) is 0 Å². The molecule has 1 aromatic carbocycles. The normalized spacial score (nSPS) is 21.7. The Labute approximate surface area is 134 Å². The van der Waals surface area contributed by atoms with Crippen molar-refractivity contribution in [1.29, 1.82) is 0 Å². The lowest BCUT2D eigenvalue weighted by atomic mass is 10.1. The van der Waals surface area contributed by atoms with Crippen molar-refractivity contribution in [1.82, 2.24) is 9.47 Å². The third-order valence-corrected chi connectivity index (χ3v) is 4.27. The number of morpholine rings is 1. The van der Waals surface area contributed by atoms with E-state index in [-0.39, 0.29) is 23.8 Å². The molecule has 1 saturated heterocycles. The summed E-state index contributed by atoms with van der Waals surface area (Å²) >= 11 is 0. The van der Waals surface area contributed by atoms with Crippen molar-refractivity contribution in [2.45, 2.75) is 45.4 Å². The Kier molecular flexibility index (Phi) is 4.52. The van der Waals surface area contributed by atoms with Crippen molar-refractivity contribution in [2.75, 3.05) is 13.2 Å². The predicted octanol–water partition coefficient (Wildman–Crippen LogP) is 2.01. The standard InChI is InChI=1S/C17H22N2O4/c1-12-11-22-13(2)10-19(12)16(20)8-5-9-18-14-6-3-4-7-15(14)23-17(18)21/h3-4,6-7,12-13H,5,8-11H2,1-2H3/t12-,13+/m0/s1. The summed E-state index contributed by atoms with van der Waals surface area (Å²) < 4.78 is 12.3. The SMILES string of the molecule is C[C@@H]1CN(C(=O)CCCn2c(=O)oc3ccccc32)[C@@H](C)CO1. The molecule has 3 rings (SSSR count). The highest BCUT2D eigenvalue weighted by molar-refractivity contribution is 5.76. The summed E-state index contributed by atoms with van der Waals surface area (Å²) in [6.45, 7) is 5.67. The van der Waals surface area contributed by atoms with E-state index in [0.717, 1.165) is 5.52 Å². The van der Waals surface area contributed by atoms with Crippen molar-refractivity contribution in [3.63, 3.8) is 0 Å². The number of rotatable bonds is 4. The van der Waals surface area contributed by atoms with Crippen molar-refractivity contribution < 1.29 is 13.9 Å². The molecular formula is C17H22N2O4. The van der Waals surface area contributed by atoms with Gasteiger partial charge in [-0.1, -0.05) is 12.1 Å². The van der Waals surface area contributed by atoms with Crippen LogP contribution in [0.2, 0.25) is 0 Å². The molecule has 0 aliphatic carbocycles. The molecule has 1 aromatic heterocycles. The lowest BCUT2D eigenvalue weighted by Crippen LogP contribution is -2.50. The van der Waals surface area contributed by atoms with E-state index in [0.29, 0.717) is 38.1 Å². The second kappa shape index (κ2) is 6.58. The van der Waals surface area contributed by atoms with Gasteiger partial charge in [0.25, 0.3) is 0 Å². The molecule has 0 N–H and O–H groups in total. The Balaban J connectivity index is 1.61. The van der Waals surface area contributed by atoms with Crippen LogP contribution in [0.5, 0.6) is 0 Å². The van der Waals surface area contributed by atoms with E-state index in [4.69, 9.17) is 9.15 Å². The molecule has 0 radical (unpaired) electrons. The fourth-order valence-corrected chi connectivity index (χ4v) is 3.01. The molecule has 0 spiro atoms. The molecule has 6 heteroatoms. The summed E-state index contributed by atoms with van der Waals surface area (Å²) in [6, 6.07) is 7.44. The summed E-state index contributed by atoms with van der Waals surface area (Å²) in [6.07, 6.45) is 1.11. The predicted molar refractivity (Wildman–Crippen MR) is 86.3 cm³/mol. The number of oxazole rings is 1. The molecule has 1 aliphatic rings. The number of aromatic nitrogens is 1. The van der Waals surface area contributed by atoms with E-state index in [1.54, 1.807) is 10.6 Å². The number of hydrogen-bond acceptors (Lipinski definition) is 4. The quantitative estimate of drug-likeness (QED) is 0.865. The molecule has 124 valence electrons. The molecule has 0 saturated carbocycles. The number of aryl methyl sites for hydroxylation is 1. The molecule has 0 unspecified atom stereocenters. The number of hydrogen-bond donors (Lipinski definition) is 0. The van der Waals surface area contributed by atoms with E-state index in [1.807, 2.05) is 36.9 Å². The van der Waals surface area contributed by atoms with Gasteiger partial charge >= 0.3 is 5.76 Å². The molecular weight excluding hydrogens is 296 g/mol. The van der Waals surface area contributed by atoms with Crippen LogP contribution in [-0.4, -0.2) is 40.7 Å². The van der Waals surface area contributed by atoms with Crippen LogP contribution in [0.1, 0.15) is 26.7 Å². The smallest absolute Gasteiger partial charge is 0.408 e. The van der Waals surface area contributed by atoms with Crippen LogP contribution in [0.3, 0.4) is 0 Å². The number of benzene rings is 1. The average Bonchev–Trinajstić information content (AvgIpc) is 2.85. The first kappa shape index (κ1) is 15.8. The van der Waals surface area contributed by atoms with E-state index < -0.39 is 0 Å². The lowest BCUT2D eigenvalue weighted by Gasteiger charge is -2.36. The number of ether oxygens (including phenoxy) is 1. The third kappa shape index (κ3) is 3.32. The minimum atomic E-state index is -0.369. The molecule has 1 aliphatic heterocycles. The van der Waals surface area contributed by atoms with Gasteiger partial charge in [0.2, 0.25) is 5.91 Å². The number of carbonyl (C=O) groups is 1. The summed E-state index contributed by atoms with van der Waals surface area (Å²) in [4.78, 5) is 26.2. The van der Waals surface area contributed by atoms with Gasteiger partial charge < -0.3 is 14.1 Å². The maximum Gasteiger partial charge on any atom is 0.419 e. The Morgan fingerprint density at radius 3 is 2.91 bits per heavy atom. The van der Waals surface area contributed by atoms with Gasteiger partial charge in [0.1, 0.15) is 0 Å². The van der Waals surface area contributed by atoms with Gasteiger partial charge in [0.05, 0.1) is 24.3 Å². The highest BCUT2D eigenvalue weighted by Crippen LogP contribution is 2.15. The van der Waals surface area contributed by atoms with Gasteiger partial charge in [-0.25, -0.2) is 4.79 Å². The summed E-state index contributed by atoms with van der Waals surface area (Å²) in [7, 11) is 0. The van der Waals surface area contributed by atoms with E-state index >= 15 is 0 Å². The average molecular weight is 318 g/mol. The topological polar surface area (TPSA) is 64.7 Å². The number of carbonyl (C=O) groups excluding carboxylic acids is 1. The fraction of sp³-hybridized carbons (Fsp3) is 0.529. The summed E-state index contributed by atoms with van der Waals surface area (Å²) in [5.74, 6) is -0.250. The Morgan fingerprint density at radius 2 is 2.09 bits per heavy atom. The first-order valence-corrected chi connectivity index (χ1v) is 8.05.